The minimum Gasteiger partial charge on any atom is -0.464 e. The van der Waals surface area contributed by atoms with Crippen molar-refractivity contribution >= 4 is 15.7 Å². The molecular weight excluding hydrogens is 324 g/mol. The summed E-state index contributed by atoms with van der Waals surface area (Å²) in [6, 6.07) is 17.4. The van der Waals surface area contributed by atoms with Crippen molar-refractivity contribution in [3.05, 3.63) is 72.5 Å². The van der Waals surface area contributed by atoms with Gasteiger partial charge in [0.25, 0.3) is 10.0 Å². The molecular formula is C18H18N2O3S. The summed E-state index contributed by atoms with van der Waals surface area (Å²) in [4.78, 5) is 0.232. The SMILES string of the molecule is CNCc1cc(NS(=O)(=O)c2ccccc2)ccc1-c1ccco1. The lowest BCUT2D eigenvalue weighted by Gasteiger charge is -2.12. The van der Waals surface area contributed by atoms with Crippen LogP contribution in [0.3, 0.4) is 0 Å². The lowest BCUT2D eigenvalue weighted by Crippen LogP contribution is -2.13. The monoisotopic (exact) mass is 342 g/mol. The molecule has 0 bridgehead atoms. The molecule has 0 spiro atoms. The second-order valence-electron chi connectivity index (χ2n) is 5.30. The van der Waals surface area contributed by atoms with Crippen molar-refractivity contribution in [3.63, 3.8) is 0 Å². The van der Waals surface area contributed by atoms with E-state index in [1.54, 1.807) is 42.7 Å². The van der Waals surface area contributed by atoms with Gasteiger partial charge in [-0.2, -0.15) is 0 Å². The number of benzene rings is 2. The quantitative estimate of drug-likeness (QED) is 0.719. The van der Waals surface area contributed by atoms with Gasteiger partial charge < -0.3 is 9.73 Å². The van der Waals surface area contributed by atoms with Crippen molar-refractivity contribution in [2.45, 2.75) is 11.4 Å². The molecule has 5 nitrogen and oxygen atoms in total. The third-order valence-corrected chi connectivity index (χ3v) is 4.96. The molecule has 0 radical (unpaired) electrons. The lowest BCUT2D eigenvalue weighted by molar-refractivity contribution is 0.581. The maximum absolute atomic E-state index is 12.4. The highest BCUT2D eigenvalue weighted by Crippen LogP contribution is 2.28. The Bertz CT molecular complexity index is 905. The van der Waals surface area contributed by atoms with E-state index < -0.39 is 10.0 Å². The van der Waals surface area contributed by atoms with Gasteiger partial charge in [-0.25, -0.2) is 8.42 Å². The van der Waals surface area contributed by atoms with Crippen LogP contribution in [-0.2, 0) is 16.6 Å². The molecule has 0 aliphatic carbocycles. The molecule has 0 atom stereocenters. The van der Waals surface area contributed by atoms with Gasteiger partial charge in [-0.3, -0.25) is 4.72 Å². The van der Waals surface area contributed by atoms with Crippen LogP contribution >= 0.6 is 0 Å². The van der Waals surface area contributed by atoms with Crippen molar-refractivity contribution in [2.75, 3.05) is 11.8 Å². The second-order valence-corrected chi connectivity index (χ2v) is 6.98. The standard InChI is InChI=1S/C18H18N2O3S/c1-19-13-14-12-15(9-10-17(14)18-8-5-11-23-18)20-24(21,22)16-6-3-2-4-7-16/h2-12,19-20H,13H2,1H3. The molecule has 0 fully saturated rings. The molecule has 24 heavy (non-hydrogen) atoms. The number of anilines is 1. The number of hydrogen-bond acceptors (Lipinski definition) is 4. The highest BCUT2D eigenvalue weighted by Gasteiger charge is 2.15. The number of rotatable bonds is 6. The molecule has 1 heterocycles. The van der Waals surface area contributed by atoms with Gasteiger partial charge in [0.15, 0.2) is 0 Å². The van der Waals surface area contributed by atoms with Crippen LogP contribution in [-0.4, -0.2) is 15.5 Å². The maximum Gasteiger partial charge on any atom is 0.261 e. The summed E-state index contributed by atoms with van der Waals surface area (Å²) in [5.74, 6) is 0.748. The average Bonchev–Trinajstić information content (AvgIpc) is 3.10. The first-order valence-electron chi connectivity index (χ1n) is 7.49. The Morgan fingerprint density at radius 2 is 1.79 bits per heavy atom. The summed E-state index contributed by atoms with van der Waals surface area (Å²) in [5.41, 5.74) is 2.39. The first-order chi connectivity index (χ1) is 11.6. The largest absolute Gasteiger partial charge is 0.464 e. The summed E-state index contributed by atoms with van der Waals surface area (Å²) < 4.78 is 32.9. The molecule has 0 aliphatic rings. The summed E-state index contributed by atoms with van der Waals surface area (Å²) in [6.07, 6.45) is 1.62. The molecule has 3 rings (SSSR count). The zero-order valence-corrected chi connectivity index (χ0v) is 14.0. The summed E-state index contributed by atoms with van der Waals surface area (Å²) in [5, 5.41) is 3.09. The molecule has 2 N–H and O–H groups in total. The molecule has 124 valence electrons. The van der Waals surface area contributed by atoms with Gasteiger partial charge in [0.1, 0.15) is 5.76 Å². The van der Waals surface area contributed by atoms with E-state index in [1.807, 2.05) is 31.3 Å². The van der Waals surface area contributed by atoms with Crippen LogP contribution < -0.4 is 10.0 Å². The number of nitrogens with one attached hydrogen (secondary N) is 2. The second kappa shape index (κ2) is 6.90. The Labute approximate surface area is 141 Å². The predicted octanol–water partition coefficient (Wildman–Crippen LogP) is 3.47. The van der Waals surface area contributed by atoms with Gasteiger partial charge in [0.2, 0.25) is 0 Å². The Hall–Kier alpha value is -2.57. The van der Waals surface area contributed by atoms with Crippen LogP contribution in [0, 0.1) is 0 Å². The summed E-state index contributed by atoms with van der Waals surface area (Å²) >= 11 is 0. The van der Waals surface area contributed by atoms with E-state index in [0.717, 1.165) is 16.9 Å². The Kier molecular flexibility index (Phi) is 4.69. The first kappa shape index (κ1) is 16.3. The van der Waals surface area contributed by atoms with E-state index in [0.29, 0.717) is 12.2 Å². The molecule has 0 unspecified atom stereocenters. The zero-order chi connectivity index (χ0) is 17.0. The van der Waals surface area contributed by atoms with Crippen molar-refractivity contribution in [3.8, 4) is 11.3 Å². The fourth-order valence-electron chi connectivity index (χ4n) is 2.48. The van der Waals surface area contributed by atoms with Gasteiger partial charge in [0.05, 0.1) is 11.2 Å². The van der Waals surface area contributed by atoms with Crippen LogP contribution in [0.25, 0.3) is 11.3 Å². The number of hydrogen-bond donors (Lipinski definition) is 2. The Morgan fingerprint density at radius 1 is 1.00 bits per heavy atom. The third-order valence-electron chi connectivity index (χ3n) is 3.56. The van der Waals surface area contributed by atoms with Crippen molar-refractivity contribution in [1.82, 2.24) is 5.32 Å². The minimum atomic E-state index is -3.61. The van der Waals surface area contributed by atoms with E-state index >= 15 is 0 Å². The molecule has 6 heteroatoms. The Balaban J connectivity index is 1.94. The predicted molar refractivity (Wildman–Crippen MR) is 94.2 cm³/mol. The van der Waals surface area contributed by atoms with Gasteiger partial charge in [0, 0.05) is 17.8 Å². The topological polar surface area (TPSA) is 71.3 Å². The fourth-order valence-corrected chi connectivity index (χ4v) is 3.55. The average molecular weight is 342 g/mol. The highest BCUT2D eigenvalue weighted by atomic mass is 32.2. The van der Waals surface area contributed by atoms with Crippen LogP contribution in [0.4, 0.5) is 5.69 Å². The van der Waals surface area contributed by atoms with E-state index in [2.05, 4.69) is 10.0 Å². The number of sulfonamides is 1. The van der Waals surface area contributed by atoms with E-state index in [-0.39, 0.29) is 4.90 Å². The van der Waals surface area contributed by atoms with Gasteiger partial charge in [-0.1, -0.05) is 18.2 Å². The van der Waals surface area contributed by atoms with Crippen molar-refractivity contribution in [2.24, 2.45) is 0 Å². The zero-order valence-electron chi connectivity index (χ0n) is 13.2. The molecule has 0 saturated heterocycles. The molecule has 0 aliphatic heterocycles. The highest BCUT2D eigenvalue weighted by molar-refractivity contribution is 7.92. The van der Waals surface area contributed by atoms with Gasteiger partial charge >= 0.3 is 0 Å². The lowest BCUT2D eigenvalue weighted by atomic mass is 10.0. The summed E-state index contributed by atoms with van der Waals surface area (Å²) in [7, 11) is -1.77. The van der Waals surface area contributed by atoms with Crippen molar-refractivity contribution < 1.29 is 12.8 Å². The molecule has 3 aromatic rings. The molecule has 0 saturated carbocycles. The molecule has 1 aromatic heterocycles. The fraction of sp³-hybridized carbons (Fsp3) is 0.111. The maximum atomic E-state index is 12.4. The van der Waals surface area contributed by atoms with E-state index in [9.17, 15) is 8.42 Å². The molecule has 0 amide bonds. The van der Waals surface area contributed by atoms with Crippen LogP contribution in [0.5, 0.6) is 0 Å². The third kappa shape index (κ3) is 3.50. The molecule has 2 aromatic carbocycles. The number of furan rings is 1. The van der Waals surface area contributed by atoms with Crippen molar-refractivity contribution in [1.29, 1.82) is 0 Å². The Morgan fingerprint density at radius 3 is 2.46 bits per heavy atom. The normalized spacial score (nSPS) is 11.4. The van der Waals surface area contributed by atoms with E-state index in [1.165, 1.54) is 0 Å². The van der Waals surface area contributed by atoms with E-state index in [4.69, 9.17) is 4.42 Å². The van der Waals surface area contributed by atoms with Crippen LogP contribution in [0.15, 0.2) is 76.2 Å². The van der Waals surface area contributed by atoms with Crippen LogP contribution in [0.2, 0.25) is 0 Å². The minimum absolute atomic E-state index is 0.232. The van der Waals surface area contributed by atoms with Gasteiger partial charge in [-0.05, 0) is 55.1 Å². The summed E-state index contributed by atoms with van der Waals surface area (Å²) in [6.45, 7) is 0.594. The smallest absolute Gasteiger partial charge is 0.261 e. The van der Waals surface area contributed by atoms with Gasteiger partial charge in [-0.15, -0.1) is 0 Å². The van der Waals surface area contributed by atoms with Crippen LogP contribution in [0.1, 0.15) is 5.56 Å². The first-order valence-corrected chi connectivity index (χ1v) is 8.98.